The van der Waals surface area contributed by atoms with Gasteiger partial charge in [0.1, 0.15) is 17.5 Å². The molecule has 0 saturated heterocycles. The van der Waals surface area contributed by atoms with Crippen LogP contribution in [-0.2, 0) is 16.0 Å². The van der Waals surface area contributed by atoms with Crippen molar-refractivity contribution in [3.05, 3.63) is 29.6 Å². The van der Waals surface area contributed by atoms with E-state index >= 15 is 0 Å². The number of hydrogen-bond acceptors (Lipinski definition) is 6. The van der Waals surface area contributed by atoms with Gasteiger partial charge in [-0.05, 0) is 25.0 Å². The summed E-state index contributed by atoms with van der Waals surface area (Å²) in [6.45, 7) is 0. The number of aromatic nitrogens is 3. The molecule has 1 fully saturated rings. The van der Waals surface area contributed by atoms with E-state index in [-0.39, 0.29) is 22.6 Å². The highest BCUT2D eigenvalue weighted by molar-refractivity contribution is 7.90. The first-order chi connectivity index (χ1) is 13.1. The zero-order valence-electron chi connectivity index (χ0n) is 15.0. The van der Waals surface area contributed by atoms with Crippen molar-refractivity contribution < 1.29 is 21.6 Å². The number of halogens is 3. The topological polar surface area (TPSA) is 101 Å². The lowest BCUT2D eigenvalue weighted by Crippen LogP contribution is -2.24. The van der Waals surface area contributed by atoms with Crippen molar-refractivity contribution >= 4 is 15.7 Å². The Morgan fingerprint density at radius 2 is 1.93 bits per heavy atom. The number of nitriles is 1. The molecule has 28 heavy (non-hydrogen) atoms. The van der Waals surface area contributed by atoms with E-state index in [2.05, 4.69) is 15.4 Å². The van der Waals surface area contributed by atoms with E-state index in [1.165, 1.54) is 12.1 Å². The summed E-state index contributed by atoms with van der Waals surface area (Å²) in [6, 6.07) is 4.03. The minimum absolute atomic E-state index is 0.0596. The standard InChI is InChI=1S/C17H18F3N5O2S/c1-28(26,27)14-8-7-12(10-22-14)25-16(23-11-5-3-2-4-6-11)13(9-21)15(24-25)17(18,19)20/h7-8,10-11,23H,2-6H2,1H3. The number of sulfone groups is 1. The molecule has 1 N–H and O–H groups in total. The lowest BCUT2D eigenvalue weighted by molar-refractivity contribution is -0.141. The molecular weight excluding hydrogens is 395 g/mol. The first-order valence-electron chi connectivity index (χ1n) is 8.64. The van der Waals surface area contributed by atoms with Gasteiger partial charge in [0.05, 0.1) is 11.9 Å². The maximum atomic E-state index is 13.4. The van der Waals surface area contributed by atoms with Crippen LogP contribution in [0.2, 0.25) is 0 Å². The van der Waals surface area contributed by atoms with Gasteiger partial charge in [0, 0.05) is 12.3 Å². The Morgan fingerprint density at radius 1 is 1.25 bits per heavy atom. The maximum absolute atomic E-state index is 13.4. The van der Waals surface area contributed by atoms with Crippen LogP contribution >= 0.6 is 0 Å². The average Bonchev–Trinajstić information content (AvgIpc) is 3.00. The van der Waals surface area contributed by atoms with Gasteiger partial charge in [0.15, 0.2) is 20.6 Å². The van der Waals surface area contributed by atoms with E-state index in [1.807, 2.05) is 0 Å². The summed E-state index contributed by atoms with van der Waals surface area (Å²) >= 11 is 0. The molecule has 11 heteroatoms. The Kier molecular flexibility index (Phi) is 5.34. The highest BCUT2D eigenvalue weighted by Crippen LogP contribution is 2.36. The Balaban J connectivity index is 2.10. The van der Waals surface area contributed by atoms with Crippen molar-refractivity contribution in [2.24, 2.45) is 0 Å². The lowest BCUT2D eigenvalue weighted by Gasteiger charge is -2.24. The van der Waals surface area contributed by atoms with Gasteiger partial charge in [-0.2, -0.15) is 23.5 Å². The third kappa shape index (κ3) is 4.11. The number of anilines is 1. The third-order valence-electron chi connectivity index (χ3n) is 4.56. The number of rotatable bonds is 4. The molecule has 0 radical (unpaired) electrons. The molecule has 0 spiro atoms. The fourth-order valence-electron chi connectivity index (χ4n) is 3.20. The zero-order valence-corrected chi connectivity index (χ0v) is 15.8. The van der Waals surface area contributed by atoms with Crippen molar-refractivity contribution in [2.45, 2.75) is 49.3 Å². The molecule has 1 aliphatic carbocycles. The summed E-state index contributed by atoms with van der Waals surface area (Å²) in [5, 5.41) is 15.8. The van der Waals surface area contributed by atoms with Crippen LogP contribution in [-0.4, -0.2) is 35.5 Å². The number of alkyl halides is 3. The fourth-order valence-corrected chi connectivity index (χ4v) is 3.76. The number of nitrogens with one attached hydrogen (secondary N) is 1. The van der Waals surface area contributed by atoms with Gasteiger partial charge in [0.2, 0.25) is 0 Å². The quantitative estimate of drug-likeness (QED) is 0.825. The predicted octanol–water partition coefficient (Wildman–Crippen LogP) is 3.31. The summed E-state index contributed by atoms with van der Waals surface area (Å²) in [6.07, 6.45) is 1.82. The smallest absolute Gasteiger partial charge is 0.366 e. The molecule has 2 heterocycles. The minimum Gasteiger partial charge on any atom is -0.366 e. The van der Waals surface area contributed by atoms with Gasteiger partial charge < -0.3 is 5.32 Å². The molecule has 0 aromatic carbocycles. The molecule has 0 bridgehead atoms. The molecule has 0 aliphatic heterocycles. The lowest BCUT2D eigenvalue weighted by atomic mass is 9.95. The molecule has 1 aliphatic rings. The molecule has 2 aromatic rings. The fraction of sp³-hybridized carbons (Fsp3) is 0.471. The largest absolute Gasteiger partial charge is 0.436 e. The highest BCUT2D eigenvalue weighted by atomic mass is 32.2. The number of pyridine rings is 1. The second-order valence-electron chi connectivity index (χ2n) is 6.70. The van der Waals surface area contributed by atoms with E-state index in [4.69, 9.17) is 0 Å². The number of hydrogen-bond donors (Lipinski definition) is 1. The minimum atomic E-state index is -4.81. The summed E-state index contributed by atoms with van der Waals surface area (Å²) in [5.74, 6) is -0.0596. The van der Waals surface area contributed by atoms with Crippen LogP contribution in [0.3, 0.4) is 0 Å². The second kappa shape index (κ2) is 7.43. The predicted molar refractivity (Wildman–Crippen MR) is 94.7 cm³/mol. The molecule has 1 saturated carbocycles. The summed E-state index contributed by atoms with van der Waals surface area (Å²) in [4.78, 5) is 3.80. The molecular formula is C17H18F3N5O2S. The SMILES string of the molecule is CS(=O)(=O)c1ccc(-n2nc(C(F)(F)F)c(C#N)c2NC2CCCCC2)cn1. The van der Waals surface area contributed by atoms with Gasteiger partial charge in [0.25, 0.3) is 0 Å². The maximum Gasteiger partial charge on any atom is 0.436 e. The van der Waals surface area contributed by atoms with Crippen LogP contribution in [0.1, 0.15) is 43.4 Å². The van der Waals surface area contributed by atoms with Crippen LogP contribution in [0.25, 0.3) is 5.69 Å². The van der Waals surface area contributed by atoms with Crippen molar-refractivity contribution in [1.29, 1.82) is 5.26 Å². The molecule has 0 unspecified atom stereocenters. The van der Waals surface area contributed by atoms with E-state index in [1.54, 1.807) is 6.07 Å². The van der Waals surface area contributed by atoms with Crippen molar-refractivity contribution in [3.8, 4) is 11.8 Å². The van der Waals surface area contributed by atoms with Crippen LogP contribution in [0.5, 0.6) is 0 Å². The number of nitrogens with zero attached hydrogens (tertiary/aromatic N) is 4. The molecule has 3 rings (SSSR count). The Hall–Kier alpha value is -2.61. The molecule has 150 valence electrons. The Bertz CT molecular complexity index is 1000. The van der Waals surface area contributed by atoms with Gasteiger partial charge in [-0.1, -0.05) is 19.3 Å². The van der Waals surface area contributed by atoms with Gasteiger partial charge in [-0.25, -0.2) is 18.1 Å². The first-order valence-corrected chi connectivity index (χ1v) is 10.5. The summed E-state index contributed by atoms with van der Waals surface area (Å²) in [5.41, 5.74) is -1.76. The van der Waals surface area contributed by atoms with Crippen molar-refractivity contribution in [2.75, 3.05) is 11.6 Å². The summed E-state index contributed by atoms with van der Waals surface area (Å²) in [7, 11) is -3.55. The van der Waals surface area contributed by atoms with E-state index in [9.17, 15) is 26.9 Å². The average molecular weight is 413 g/mol. The molecule has 2 aromatic heterocycles. The normalized spacial score (nSPS) is 16.0. The van der Waals surface area contributed by atoms with Crippen molar-refractivity contribution in [3.63, 3.8) is 0 Å². The first kappa shape index (κ1) is 20.1. The van der Waals surface area contributed by atoms with Gasteiger partial charge in [-0.3, -0.25) is 0 Å². The van der Waals surface area contributed by atoms with Crippen molar-refractivity contribution in [1.82, 2.24) is 14.8 Å². The van der Waals surface area contributed by atoms with Crippen LogP contribution in [0.15, 0.2) is 23.4 Å². The third-order valence-corrected chi connectivity index (χ3v) is 5.56. The van der Waals surface area contributed by atoms with Gasteiger partial charge in [-0.15, -0.1) is 0 Å². The zero-order chi connectivity index (χ0) is 20.5. The Labute approximate surface area is 160 Å². The second-order valence-corrected chi connectivity index (χ2v) is 8.66. The monoisotopic (exact) mass is 413 g/mol. The Morgan fingerprint density at radius 3 is 2.43 bits per heavy atom. The molecule has 7 nitrogen and oxygen atoms in total. The van der Waals surface area contributed by atoms with Crippen LogP contribution < -0.4 is 5.32 Å². The van der Waals surface area contributed by atoms with E-state index in [0.717, 1.165) is 49.2 Å². The molecule has 0 atom stereocenters. The van der Waals surface area contributed by atoms with E-state index in [0.29, 0.717) is 0 Å². The van der Waals surface area contributed by atoms with E-state index < -0.39 is 27.3 Å². The highest BCUT2D eigenvalue weighted by Gasteiger charge is 2.40. The molecule has 0 amide bonds. The van der Waals surface area contributed by atoms with Crippen LogP contribution in [0, 0.1) is 11.3 Å². The van der Waals surface area contributed by atoms with Crippen LogP contribution in [0.4, 0.5) is 19.0 Å². The van der Waals surface area contributed by atoms with Gasteiger partial charge >= 0.3 is 6.18 Å². The summed E-state index contributed by atoms with van der Waals surface area (Å²) < 4.78 is 64.3.